The fourth-order valence-corrected chi connectivity index (χ4v) is 4.82. The van der Waals surface area contributed by atoms with Gasteiger partial charge in [0.2, 0.25) is 0 Å². The quantitative estimate of drug-likeness (QED) is 0.665. The smallest absolute Gasteiger partial charge is 0.294 e. The van der Waals surface area contributed by atoms with Crippen molar-refractivity contribution in [3.63, 3.8) is 0 Å². The van der Waals surface area contributed by atoms with Crippen LogP contribution in [0.1, 0.15) is 52.7 Å². The molecule has 0 aromatic heterocycles. The zero-order valence-electron chi connectivity index (χ0n) is 15.8. The fourth-order valence-electron chi connectivity index (χ4n) is 4.82. The monoisotopic (exact) mass is 398 g/mol. The van der Waals surface area contributed by atoms with Gasteiger partial charge in [-0.1, -0.05) is 30.3 Å². The van der Waals surface area contributed by atoms with Crippen molar-refractivity contribution in [2.45, 2.75) is 50.5 Å². The number of fused-ring (bicyclic) bond motifs is 2. The summed E-state index contributed by atoms with van der Waals surface area (Å²) in [5, 5.41) is 8.93. The Morgan fingerprint density at radius 1 is 1.07 bits per heavy atom. The lowest BCUT2D eigenvalue weighted by molar-refractivity contribution is -0.138. The molecule has 2 aliphatic rings. The summed E-state index contributed by atoms with van der Waals surface area (Å²) in [6, 6.07) is 15.5. The summed E-state index contributed by atoms with van der Waals surface area (Å²) < 4.78 is 40.5. The van der Waals surface area contributed by atoms with Crippen molar-refractivity contribution in [2.75, 3.05) is 0 Å². The van der Waals surface area contributed by atoms with Crippen molar-refractivity contribution in [2.24, 2.45) is 5.92 Å². The summed E-state index contributed by atoms with van der Waals surface area (Å²) in [6.45, 7) is 0.807. The molecule has 0 amide bonds. The molecule has 6 heteroatoms. The van der Waals surface area contributed by atoms with Crippen LogP contribution in [-0.2, 0) is 12.7 Å². The van der Waals surface area contributed by atoms with E-state index in [-0.39, 0.29) is 23.2 Å². The second-order valence-corrected chi connectivity index (χ2v) is 7.95. The fraction of sp³-hybridized carbons (Fsp3) is 0.391. The lowest BCUT2D eigenvalue weighted by Gasteiger charge is -2.38. The van der Waals surface area contributed by atoms with Crippen molar-refractivity contribution < 1.29 is 18.0 Å². The maximum absolute atomic E-state index is 13.5. The number of hydrogen-bond acceptors (Lipinski definition) is 3. The standard InChI is InChI=1S/C23H21F3N2O/c24-23(25,26)21-10-16(13-27)6-9-20(21)22(29)17-11-18-7-8-19(12-17)28(18)14-15-4-2-1-3-5-15/h1-6,9-10,17-19H,7-8,11-12,14H2. The number of piperidine rings is 1. The van der Waals surface area contributed by atoms with Gasteiger partial charge < -0.3 is 0 Å². The second kappa shape index (κ2) is 7.64. The molecule has 0 saturated carbocycles. The second-order valence-electron chi connectivity index (χ2n) is 7.95. The Bertz CT molecular complexity index is 935. The van der Waals surface area contributed by atoms with E-state index >= 15 is 0 Å². The minimum absolute atomic E-state index is 0.0911. The molecular weight excluding hydrogens is 377 g/mol. The van der Waals surface area contributed by atoms with Crippen LogP contribution in [0.3, 0.4) is 0 Å². The number of benzene rings is 2. The van der Waals surface area contributed by atoms with E-state index in [2.05, 4.69) is 17.0 Å². The number of carbonyl (C=O) groups is 1. The highest BCUT2D eigenvalue weighted by Crippen LogP contribution is 2.42. The van der Waals surface area contributed by atoms with Crippen molar-refractivity contribution in [1.82, 2.24) is 4.90 Å². The Kier molecular flexibility index (Phi) is 5.18. The molecule has 0 N–H and O–H groups in total. The Labute approximate surface area is 167 Å². The van der Waals surface area contributed by atoms with Crippen LogP contribution in [0.15, 0.2) is 48.5 Å². The first-order chi connectivity index (χ1) is 13.9. The van der Waals surface area contributed by atoms with Crippen LogP contribution in [0, 0.1) is 17.2 Å². The molecule has 2 aliphatic heterocycles. The number of Topliss-reactive ketones (excluding diaryl/α,β-unsaturated/α-hetero) is 1. The maximum atomic E-state index is 13.5. The van der Waals surface area contributed by atoms with Crippen LogP contribution in [0.5, 0.6) is 0 Å². The molecule has 29 heavy (non-hydrogen) atoms. The molecule has 2 bridgehead atoms. The zero-order chi connectivity index (χ0) is 20.6. The minimum atomic E-state index is -4.66. The van der Waals surface area contributed by atoms with Crippen molar-refractivity contribution in [1.29, 1.82) is 5.26 Å². The van der Waals surface area contributed by atoms with E-state index in [0.29, 0.717) is 12.8 Å². The predicted octanol–water partition coefficient (Wildman–Crippen LogP) is 5.20. The normalized spacial score (nSPS) is 24.3. The molecule has 2 heterocycles. The molecule has 3 nitrogen and oxygen atoms in total. The van der Waals surface area contributed by atoms with Crippen LogP contribution in [0.4, 0.5) is 13.2 Å². The van der Waals surface area contributed by atoms with Gasteiger partial charge in [-0.05, 0) is 49.4 Å². The number of hydrogen-bond donors (Lipinski definition) is 0. The van der Waals surface area contributed by atoms with Gasteiger partial charge in [0.1, 0.15) is 0 Å². The molecule has 4 rings (SSSR count). The summed E-state index contributed by atoms with van der Waals surface area (Å²) >= 11 is 0. The summed E-state index contributed by atoms with van der Waals surface area (Å²) in [7, 11) is 0. The number of rotatable bonds is 4. The topological polar surface area (TPSA) is 44.1 Å². The van der Waals surface area contributed by atoms with Crippen molar-refractivity contribution in [3.8, 4) is 6.07 Å². The van der Waals surface area contributed by atoms with Gasteiger partial charge in [-0.3, -0.25) is 9.69 Å². The van der Waals surface area contributed by atoms with E-state index in [9.17, 15) is 18.0 Å². The molecule has 0 spiro atoms. The summed E-state index contributed by atoms with van der Waals surface area (Å²) in [5.41, 5.74) is -0.190. The predicted molar refractivity (Wildman–Crippen MR) is 102 cm³/mol. The van der Waals surface area contributed by atoms with Gasteiger partial charge in [0, 0.05) is 30.1 Å². The SMILES string of the molecule is N#Cc1ccc(C(=O)C2CC3CCC(C2)N3Cc2ccccc2)c(C(F)(F)F)c1. The van der Waals surface area contributed by atoms with Crippen LogP contribution in [-0.4, -0.2) is 22.8 Å². The van der Waals surface area contributed by atoms with Crippen molar-refractivity contribution >= 4 is 5.78 Å². The third kappa shape index (κ3) is 3.92. The third-order valence-corrected chi connectivity index (χ3v) is 6.18. The number of alkyl halides is 3. The van der Waals surface area contributed by atoms with E-state index in [4.69, 9.17) is 5.26 Å². The van der Waals surface area contributed by atoms with Gasteiger partial charge in [-0.25, -0.2) is 0 Å². The van der Waals surface area contributed by atoms with Crippen LogP contribution in [0.25, 0.3) is 0 Å². The first-order valence-corrected chi connectivity index (χ1v) is 9.82. The Morgan fingerprint density at radius 2 is 1.72 bits per heavy atom. The molecule has 2 unspecified atom stereocenters. The number of nitriles is 1. The van der Waals surface area contributed by atoms with Gasteiger partial charge in [0.05, 0.1) is 17.2 Å². The van der Waals surface area contributed by atoms with E-state index < -0.39 is 23.4 Å². The van der Waals surface area contributed by atoms with Gasteiger partial charge in [0.25, 0.3) is 0 Å². The summed E-state index contributed by atoms with van der Waals surface area (Å²) in [5.74, 6) is -0.855. The Balaban J connectivity index is 1.54. The summed E-state index contributed by atoms with van der Waals surface area (Å²) in [4.78, 5) is 15.5. The molecule has 2 fully saturated rings. The van der Waals surface area contributed by atoms with E-state index in [1.54, 1.807) is 6.07 Å². The average molecular weight is 398 g/mol. The number of nitrogens with zero attached hydrogens (tertiary/aromatic N) is 2. The highest BCUT2D eigenvalue weighted by molar-refractivity contribution is 5.99. The largest absolute Gasteiger partial charge is 0.417 e. The first-order valence-electron chi connectivity index (χ1n) is 9.82. The molecule has 2 atom stereocenters. The molecule has 150 valence electrons. The van der Waals surface area contributed by atoms with E-state index in [1.165, 1.54) is 17.7 Å². The molecule has 0 radical (unpaired) electrons. The van der Waals surface area contributed by atoms with E-state index in [0.717, 1.165) is 25.5 Å². The number of halogens is 3. The van der Waals surface area contributed by atoms with Crippen LogP contribution in [0.2, 0.25) is 0 Å². The lowest BCUT2D eigenvalue weighted by Crippen LogP contribution is -2.44. The molecule has 2 aromatic rings. The molecular formula is C23H21F3N2O. The Hall–Kier alpha value is -2.65. The van der Waals surface area contributed by atoms with Gasteiger partial charge in [-0.2, -0.15) is 18.4 Å². The highest BCUT2D eigenvalue weighted by atomic mass is 19.4. The van der Waals surface area contributed by atoms with Crippen molar-refractivity contribution in [3.05, 3.63) is 70.8 Å². The van der Waals surface area contributed by atoms with Crippen LogP contribution >= 0.6 is 0 Å². The summed E-state index contributed by atoms with van der Waals surface area (Å²) in [6.07, 6.45) is -1.55. The number of ketones is 1. The molecule has 2 aromatic carbocycles. The zero-order valence-corrected chi connectivity index (χ0v) is 15.8. The van der Waals surface area contributed by atoms with E-state index in [1.807, 2.05) is 18.2 Å². The first kappa shape index (κ1) is 19.7. The lowest BCUT2D eigenvalue weighted by atomic mass is 9.83. The third-order valence-electron chi connectivity index (χ3n) is 6.18. The Morgan fingerprint density at radius 3 is 2.31 bits per heavy atom. The van der Waals surface area contributed by atoms with Gasteiger partial charge >= 0.3 is 6.18 Å². The van der Waals surface area contributed by atoms with Gasteiger partial charge in [-0.15, -0.1) is 0 Å². The van der Waals surface area contributed by atoms with Crippen LogP contribution < -0.4 is 0 Å². The van der Waals surface area contributed by atoms with Gasteiger partial charge in [0.15, 0.2) is 5.78 Å². The molecule has 0 aliphatic carbocycles. The average Bonchev–Trinajstić information content (AvgIpc) is 2.94. The molecule has 2 saturated heterocycles. The maximum Gasteiger partial charge on any atom is 0.417 e. The minimum Gasteiger partial charge on any atom is -0.294 e. The number of carbonyl (C=O) groups excluding carboxylic acids is 1. The highest BCUT2D eigenvalue weighted by Gasteiger charge is 2.44.